The van der Waals surface area contributed by atoms with Crippen molar-refractivity contribution in [3.8, 4) is 0 Å². The van der Waals surface area contributed by atoms with Crippen LogP contribution in [0.15, 0.2) is 0 Å². The molecule has 0 aliphatic carbocycles. The lowest BCUT2D eigenvalue weighted by Gasteiger charge is -2.35. The molecule has 0 bridgehead atoms. The SMILES string of the molecule is CCCC(C(=O)O)N(CC(C)C(=O)O)C(=O)C(C)(C)C. The van der Waals surface area contributed by atoms with Gasteiger partial charge in [0, 0.05) is 12.0 Å². The van der Waals surface area contributed by atoms with Crippen LogP contribution in [-0.4, -0.2) is 45.5 Å². The van der Waals surface area contributed by atoms with Crippen LogP contribution in [0.4, 0.5) is 0 Å². The second-order valence-corrected chi connectivity index (χ2v) is 6.09. The number of carboxylic acids is 2. The smallest absolute Gasteiger partial charge is 0.326 e. The van der Waals surface area contributed by atoms with E-state index in [1.807, 2.05) is 6.92 Å². The molecule has 1 amide bonds. The van der Waals surface area contributed by atoms with Gasteiger partial charge in [0.05, 0.1) is 5.92 Å². The van der Waals surface area contributed by atoms with Crippen LogP contribution in [-0.2, 0) is 14.4 Å². The summed E-state index contributed by atoms with van der Waals surface area (Å²) in [4.78, 5) is 36.0. The third kappa shape index (κ3) is 5.19. The van der Waals surface area contributed by atoms with E-state index in [0.717, 1.165) is 0 Å². The van der Waals surface area contributed by atoms with Crippen LogP contribution in [0.1, 0.15) is 47.5 Å². The minimum Gasteiger partial charge on any atom is -0.481 e. The summed E-state index contributed by atoms with van der Waals surface area (Å²) in [6, 6.07) is -0.978. The number of amides is 1. The molecule has 0 spiro atoms. The number of aliphatic carboxylic acids is 2. The summed E-state index contributed by atoms with van der Waals surface area (Å²) < 4.78 is 0. The maximum Gasteiger partial charge on any atom is 0.326 e. The Balaban J connectivity index is 5.38. The molecule has 0 saturated carbocycles. The average Bonchev–Trinajstić information content (AvgIpc) is 2.30. The van der Waals surface area contributed by atoms with E-state index in [4.69, 9.17) is 5.11 Å². The summed E-state index contributed by atoms with van der Waals surface area (Å²) in [6.45, 7) is 8.28. The fourth-order valence-electron chi connectivity index (χ4n) is 1.84. The molecule has 2 atom stereocenters. The first-order valence-corrected chi connectivity index (χ1v) is 6.79. The van der Waals surface area contributed by atoms with Gasteiger partial charge in [-0.1, -0.05) is 41.0 Å². The topological polar surface area (TPSA) is 94.9 Å². The van der Waals surface area contributed by atoms with Crippen LogP contribution in [0, 0.1) is 11.3 Å². The average molecular weight is 287 g/mol. The summed E-state index contributed by atoms with van der Waals surface area (Å²) in [5, 5.41) is 18.3. The van der Waals surface area contributed by atoms with E-state index < -0.39 is 29.3 Å². The molecule has 0 rings (SSSR count). The first kappa shape index (κ1) is 18.4. The molecule has 0 fully saturated rings. The van der Waals surface area contributed by atoms with E-state index in [1.165, 1.54) is 11.8 Å². The van der Waals surface area contributed by atoms with Crippen LogP contribution in [0.3, 0.4) is 0 Å². The third-order valence-corrected chi connectivity index (χ3v) is 3.02. The fourth-order valence-corrected chi connectivity index (χ4v) is 1.84. The maximum atomic E-state index is 12.4. The van der Waals surface area contributed by atoms with Crippen molar-refractivity contribution in [2.45, 2.75) is 53.5 Å². The Kier molecular flexibility index (Phi) is 6.68. The molecule has 0 heterocycles. The van der Waals surface area contributed by atoms with E-state index >= 15 is 0 Å². The highest BCUT2D eigenvalue weighted by Gasteiger charge is 2.36. The van der Waals surface area contributed by atoms with Crippen molar-refractivity contribution in [2.75, 3.05) is 6.54 Å². The standard InChI is InChI=1S/C14H25NO5/c1-6-7-10(12(18)19)15(8-9(2)11(16)17)13(20)14(3,4)5/h9-10H,6-8H2,1-5H3,(H,16,17)(H,18,19). The summed E-state index contributed by atoms with van der Waals surface area (Å²) >= 11 is 0. The zero-order valence-corrected chi connectivity index (χ0v) is 12.8. The van der Waals surface area contributed by atoms with Gasteiger partial charge in [0.25, 0.3) is 0 Å². The number of nitrogens with zero attached hydrogens (tertiary/aromatic N) is 1. The van der Waals surface area contributed by atoms with Crippen LogP contribution in [0.5, 0.6) is 0 Å². The van der Waals surface area contributed by atoms with Crippen molar-refractivity contribution >= 4 is 17.8 Å². The van der Waals surface area contributed by atoms with Gasteiger partial charge < -0.3 is 15.1 Å². The molecule has 0 aromatic carbocycles. The van der Waals surface area contributed by atoms with Gasteiger partial charge in [-0.25, -0.2) is 4.79 Å². The first-order valence-electron chi connectivity index (χ1n) is 6.79. The van der Waals surface area contributed by atoms with Crippen molar-refractivity contribution in [1.29, 1.82) is 0 Å². The van der Waals surface area contributed by atoms with Crippen molar-refractivity contribution in [2.24, 2.45) is 11.3 Å². The van der Waals surface area contributed by atoms with Crippen LogP contribution in [0.2, 0.25) is 0 Å². The van der Waals surface area contributed by atoms with E-state index in [-0.39, 0.29) is 12.5 Å². The number of rotatable bonds is 7. The lowest BCUT2D eigenvalue weighted by molar-refractivity contribution is -0.157. The summed E-state index contributed by atoms with van der Waals surface area (Å²) in [7, 11) is 0. The zero-order chi connectivity index (χ0) is 16.1. The molecule has 6 nitrogen and oxygen atoms in total. The van der Waals surface area contributed by atoms with E-state index in [1.54, 1.807) is 20.8 Å². The van der Waals surface area contributed by atoms with E-state index in [0.29, 0.717) is 12.8 Å². The summed E-state index contributed by atoms with van der Waals surface area (Å²) in [5.74, 6) is -3.29. The van der Waals surface area contributed by atoms with E-state index in [9.17, 15) is 19.5 Å². The quantitative estimate of drug-likeness (QED) is 0.745. The molecule has 20 heavy (non-hydrogen) atoms. The van der Waals surface area contributed by atoms with Gasteiger partial charge in [0.2, 0.25) is 5.91 Å². The predicted molar refractivity (Wildman–Crippen MR) is 74.3 cm³/mol. The van der Waals surface area contributed by atoms with Crippen molar-refractivity contribution < 1.29 is 24.6 Å². The molecule has 0 aliphatic rings. The molecule has 0 aromatic rings. The number of hydrogen-bond acceptors (Lipinski definition) is 3. The molecule has 116 valence electrons. The first-order chi connectivity index (χ1) is 9.02. The normalized spacial score (nSPS) is 14.4. The van der Waals surface area contributed by atoms with Gasteiger partial charge in [-0.15, -0.1) is 0 Å². The van der Waals surface area contributed by atoms with Crippen LogP contribution >= 0.6 is 0 Å². The second-order valence-electron chi connectivity index (χ2n) is 6.09. The monoisotopic (exact) mass is 287 g/mol. The van der Waals surface area contributed by atoms with Crippen LogP contribution < -0.4 is 0 Å². The molecule has 0 aliphatic heterocycles. The van der Waals surface area contributed by atoms with Gasteiger partial charge in [-0.05, 0) is 6.42 Å². The molecule has 2 unspecified atom stereocenters. The Labute approximate surface area is 119 Å². The van der Waals surface area contributed by atoms with Crippen LogP contribution in [0.25, 0.3) is 0 Å². The lowest BCUT2D eigenvalue weighted by atomic mass is 9.92. The van der Waals surface area contributed by atoms with Crippen molar-refractivity contribution in [1.82, 2.24) is 4.90 Å². The highest BCUT2D eigenvalue weighted by molar-refractivity contribution is 5.87. The lowest BCUT2D eigenvalue weighted by Crippen LogP contribution is -2.51. The van der Waals surface area contributed by atoms with Gasteiger partial charge >= 0.3 is 11.9 Å². The van der Waals surface area contributed by atoms with Gasteiger partial charge in [-0.3, -0.25) is 9.59 Å². The Bertz CT molecular complexity index is 372. The number of hydrogen-bond donors (Lipinski definition) is 2. The third-order valence-electron chi connectivity index (χ3n) is 3.02. The highest BCUT2D eigenvalue weighted by Crippen LogP contribution is 2.22. The second kappa shape index (κ2) is 7.26. The number of carbonyl (C=O) groups excluding carboxylic acids is 1. The Morgan fingerprint density at radius 1 is 1.10 bits per heavy atom. The zero-order valence-electron chi connectivity index (χ0n) is 12.8. The van der Waals surface area contributed by atoms with Crippen molar-refractivity contribution in [3.05, 3.63) is 0 Å². The van der Waals surface area contributed by atoms with E-state index in [2.05, 4.69) is 0 Å². The summed E-state index contributed by atoms with van der Waals surface area (Å²) in [6.07, 6.45) is 0.913. The minimum atomic E-state index is -1.10. The Morgan fingerprint density at radius 3 is 1.90 bits per heavy atom. The maximum absolute atomic E-state index is 12.4. The Morgan fingerprint density at radius 2 is 1.60 bits per heavy atom. The summed E-state index contributed by atoms with van der Waals surface area (Å²) in [5.41, 5.74) is -0.750. The molecule has 2 N–H and O–H groups in total. The number of carbonyl (C=O) groups is 3. The largest absolute Gasteiger partial charge is 0.481 e. The van der Waals surface area contributed by atoms with Crippen molar-refractivity contribution in [3.63, 3.8) is 0 Å². The number of carboxylic acid groups (broad SMARTS) is 2. The van der Waals surface area contributed by atoms with Gasteiger partial charge in [0.15, 0.2) is 0 Å². The molecule has 6 heteroatoms. The molecular formula is C14H25NO5. The predicted octanol–water partition coefficient (Wildman–Crippen LogP) is 1.84. The molecular weight excluding hydrogens is 262 g/mol. The molecule has 0 radical (unpaired) electrons. The van der Waals surface area contributed by atoms with Gasteiger partial charge in [-0.2, -0.15) is 0 Å². The fraction of sp³-hybridized carbons (Fsp3) is 0.786. The molecule has 0 aromatic heterocycles. The molecule has 0 saturated heterocycles. The van der Waals surface area contributed by atoms with Gasteiger partial charge in [0.1, 0.15) is 6.04 Å². The minimum absolute atomic E-state index is 0.0948. The Hall–Kier alpha value is -1.59. The highest BCUT2D eigenvalue weighted by atomic mass is 16.4.